The SMILES string of the molecule is C=CC(=O)N1CCN(c2nc(OCC3(CN(C)C)CCC3)nc3c2CCN(c2cccc4cccc(Cl)c24)C3)CC1CC#N. The Kier molecular flexibility index (Phi) is 8.66. The molecule has 230 valence electrons. The Balaban J connectivity index is 1.34. The van der Waals surface area contributed by atoms with E-state index in [2.05, 4.69) is 65.7 Å². The predicted octanol–water partition coefficient (Wildman–Crippen LogP) is 5.07. The Labute approximate surface area is 264 Å². The molecule has 3 aromatic rings. The summed E-state index contributed by atoms with van der Waals surface area (Å²) in [6.07, 6.45) is 5.81. The van der Waals surface area contributed by atoms with E-state index in [9.17, 15) is 10.1 Å². The highest BCUT2D eigenvalue weighted by atomic mass is 35.5. The Hall–Kier alpha value is -3.87. The Morgan fingerprint density at radius 1 is 1.18 bits per heavy atom. The van der Waals surface area contributed by atoms with Crippen LogP contribution in [0.15, 0.2) is 49.1 Å². The fraction of sp³-hybridized carbons (Fsp3) is 0.471. The molecule has 1 amide bonds. The van der Waals surface area contributed by atoms with Crippen LogP contribution in [0, 0.1) is 16.7 Å². The zero-order valence-electron chi connectivity index (χ0n) is 25.6. The summed E-state index contributed by atoms with van der Waals surface area (Å²) >= 11 is 6.72. The fourth-order valence-corrected chi connectivity index (χ4v) is 7.39. The van der Waals surface area contributed by atoms with Crippen molar-refractivity contribution in [3.8, 4) is 12.1 Å². The first-order valence-corrected chi connectivity index (χ1v) is 15.8. The monoisotopic (exact) mass is 613 g/mol. The molecule has 3 heterocycles. The van der Waals surface area contributed by atoms with Crippen molar-refractivity contribution in [2.75, 3.05) is 63.2 Å². The molecule has 1 saturated carbocycles. The summed E-state index contributed by atoms with van der Waals surface area (Å²) in [7, 11) is 4.21. The quantitative estimate of drug-likeness (QED) is 0.309. The molecular weight excluding hydrogens is 574 g/mol. The molecule has 44 heavy (non-hydrogen) atoms. The molecule has 2 aliphatic heterocycles. The van der Waals surface area contributed by atoms with Crippen LogP contribution in [0.3, 0.4) is 0 Å². The van der Waals surface area contributed by atoms with Gasteiger partial charge in [-0.1, -0.05) is 48.9 Å². The number of aromatic nitrogens is 2. The Morgan fingerprint density at radius 3 is 2.68 bits per heavy atom. The molecule has 0 bridgehead atoms. The maximum absolute atomic E-state index is 12.6. The number of anilines is 2. The van der Waals surface area contributed by atoms with Crippen LogP contribution in [0.2, 0.25) is 5.02 Å². The average Bonchev–Trinajstić information content (AvgIpc) is 3.01. The molecule has 3 aliphatic rings. The van der Waals surface area contributed by atoms with E-state index in [4.69, 9.17) is 26.3 Å². The summed E-state index contributed by atoms with van der Waals surface area (Å²) in [4.78, 5) is 31.2. The number of hydrogen-bond acceptors (Lipinski definition) is 8. The third kappa shape index (κ3) is 5.93. The van der Waals surface area contributed by atoms with Gasteiger partial charge in [-0.25, -0.2) is 0 Å². The molecule has 0 radical (unpaired) electrons. The van der Waals surface area contributed by atoms with Crippen LogP contribution in [-0.2, 0) is 17.8 Å². The van der Waals surface area contributed by atoms with E-state index < -0.39 is 0 Å². The number of hydrogen-bond donors (Lipinski definition) is 0. The van der Waals surface area contributed by atoms with Crippen LogP contribution >= 0.6 is 11.6 Å². The Bertz CT molecular complexity index is 1590. The average molecular weight is 614 g/mol. The highest BCUT2D eigenvalue weighted by Gasteiger charge is 2.39. The van der Waals surface area contributed by atoms with Gasteiger partial charge in [-0.15, -0.1) is 0 Å². The molecule has 6 rings (SSSR count). The molecular formula is C34H40ClN7O2. The first-order valence-electron chi connectivity index (χ1n) is 15.5. The number of benzene rings is 2. The molecule has 1 aromatic heterocycles. The molecule has 2 aromatic carbocycles. The maximum atomic E-state index is 12.6. The number of amides is 1. The molecule has 0 N–H and O–H groups in total. The van der Waals surface area contributed by atoms with E-state index in [0.717, 1.165) is 70.9 Å². The van der Waals surface area contributed by atoms with Crippen molar-refractivity contribution in [1.82, 2.24) is 19.8 Å². The van der Waals surface area contributed by atoms with Crippen LogP contribution in [0.4, 0.5) is 11.5 Å². The first-order chi connectivity index (χ1) is 21.3. The molecule has 9 nitrogen and oxygen atoms in total. The van der Waals surface area contributed by atoms with Gasteiger partial charge >= 0.3 is 6.01 Å². The minimum atomic E-state index is -0.245. The van der Waals surface area contributed by atoms with Crippen LogP contribution < -0.4 is 14.5 Å². The number of fused-ring (bicyclic) bond motifs is 2. The number of piperazine rings is 1. The Morgan fingerprint density at radius 2 is 1.98 bits per heavy atom. The lowest BCUT2D eigenvalue weighted by Gasteiger charge is -2.43. The van der Waals surface area contributed by atoms with Crippen molar-refractivity contribution in [2.45, 2.75) is 44.7 Å². The summed E-state index contributed by atoms with van der Waals surface area (Å²) < 4.78 is 6.45. The van der Waals surface area contributed by atoms with E-state index in [1.807, 2.05) is 12.1 Å². The van der Waals surface area contributed by atoms with Gasteiger partial charge in [0.25, 0.3) is 0 Å². The third-order valence-corrected chi connectivity index (χ3v) is 9.65. The van der Waals surface area contributed by atoms with E-state index in [0.29, 0.717) is 38.8 Å². The molecule has 1 saturated heterocycles. The second kappa shape index (κ2) is 12.6. The molecule has 1 atom stereocenters. The molecule has 0 spiro atoms. The normalized spacial score (nSPS) is 19.3. The summed E-state index contributed by atoms with van der Waals surface area (Å²) in [6, 6.07) is 14.7. The van der Waals surface area contributed by atoms with Gasteiger partial charge in [0.2, 0.25) is 5.91 Å². The van der Waals surface area contributed by atoms with Crippen molar-refractivity contribution in [3.63, 3.8) is 0 Å². The van der Waals surface area contributed by atoms with Crippen LogP contribution in [0.1, 0.15) is 36.9 Å². The summed E-state index contributed by atoms with van der Waals surface area (Å²) in [5, 5.41) is 12.4. The van der Waals surface area contributed by atoms with Gasteiger partial charge in [0.1, 0.15) is 5.82 Å². The van der Waals surface area contributed by atoms with Gasteiger partial charge < -0.3 is 24.3 Å². The van der Waals surface area contributed by atoms with Gasteiger partial charge in [0.15, 0.2) is 0 Å². The molecule has 1 unspecified atom stereocenters. The van der Waals surface area contributed by atoms with E-state index in [-0.39, 0.29) is 23.8 Å². The van der Waals surface area contributed by atoms with Crippen LogP contribution in [0.5, 0.6) is 6.01 Å². The van der Waals surface area contributed by atoms with Gasteiger partial charge in [-0.3, -0.25) is 4.79 Å². The van der Waals surface area contributed by atoms with Crippen molar-refractivity contribution in [3.05, 3.63) is 65.3 Å². The number of ether oxygens (including phenoxy) is 1. The standard InChI is InChI=1S/C34H40ClN7O2/c1-4-30(43)42-19-18-41(20-25(42)12-16-36)32-26-13-17-40(29-11-6-9-24-8-5-10-27(35)31(24)29)21-28(26)37-33(38-32)44-23-34(14-7-15-34)22-39(2)3/h4-6,8-11,25H,1,7,12-15,17-23H2,2-3H3. The number of carbonyl (C=O) groups is 1. The number of nitriles is 1. The smallest absolute Gasteiger partial charge is 0.318 e. The molecule has 2 fully saturated rings. The summed E-state index contributed by atoms with van der Waals surface area (Å²) in [5.74, 6) is 0.708. The van der Waals surface area contributed by atoms with E-state index in [1.165, 1.54) is 12.5 Å². The van der Waals surface area contributed by atoms with Gasteiger partial charge in [0, 0.05) is 54.8 Å². The van der Waals surface area contributed by atoms with Gasteiger partial charge in [0.05, 0.1) is 42.4 Å². The second-order valence-electron chi connectivity index (χ2n) is 12.6. The largest absolute Gasteiger partial charge is 0.463 e. The lowest BCUT2D eigenvalue weighted by atomic mass is 9.69. The van der Waals surface area contributed by atoms with Crippen molar-refractivity contribution >= 4 is 39.8 Å². The van der Waals surface area contributed by atoms with E-state index >= 15 is 0 Å². The van der Waals surface area contributed by atoms with Crippen molar-refractivity contribution in [1.29, 1.82) is 5.26 Å². The first kappa shape index (κ1) is 30.2. The molecule has 1 aliphatic carbocycles. The van der Waals surface area contributed by atoms with E-state index in [1.54, 1.807) is 4.90 Å². The minimum absolute atomic E-state index is 0.114. The highest BCUT2D eigenvalue weighted by Crippen LogP contribution is 2.42. The van der Waals surface area contributed by atoms with Gasteiger partial charge in [-0.2, -0.15) is 15.2 Å². The fourth-order valence-electron chi connectivity index (χ4n) is 7.11. The second-order valence-corrected chi connectivity index (χ2v) is 13.0. The zero-order valence-corrected chi connectivity index (χ0v) is 26.4. The van der Waals surface area contributed by atoms with Crippen LogP contribution in [0.25, 0.3) is 10.8 Å². The maximum Gasteiger partial charge on any atom is 0.318 e. The summed E-state index contributed by atoms with van der Waals surface area (Å²) in [5.41, 5.74) is 3.25. The number of nitrogens with zero attached hydrogens (tertiary/aromatic N) is 7. The number of rotatable bonds is 9. The minimum Gasteiger partial charge on any atom is -0.463 e. The highest BCUT2D eigenvalue weighted by molar-refractivity contribution is 6.36. The van der Waals surface area contributed by atoms with Crippen molar-refractivity contribution in [2.24, 2.45) is 5.41 Å². The topological polar surface area (TPSA) is 88.8 Å². The third-order valence-electron chi connectivity index (χ3n) is 9.34. The van der Waals surface area contributed by atoms with Gasteiger partial charge in [-0.05, 0) is 57.0 Å². The lowest BCUT2D eigenvalue weighted by molar-refractivity contribution is -0.128. The predicted molar refractivity (Wildman–Crippen MR) is 174 cm³/mol. The number of carbonyl (C=O) groups excluding carboxylic acids is 1. The van der Waals surface area contributed by atoms with Crippen molar-refractivity contribution < 1.29 is 9.53 Å². The lowest BCUT2D eigenvalue weighted by Crippen LogP contribution is -2.55. The zero-order chi connectivity index (χ0) is 30.8. The molecule has 10 heteroatoms. The summed E-state index contributed by atoms with van der Waals surface area (Å²) in [6.45, 7) is 8.22. The van der Waals surface area contributed by atoms with Crippen LogP contribution in [-0.4, -0.2) is 85.1 Å². The number of halogens is 1.